The second kappa shape index (κ2) is 8.82. The van der Waals surface area contributed by atoms with Crippen LogP contribution in [0.4, 0.5) is 19.3 Å². The number of carbonyl (C=O) groups excluding carboxylic acids is 3. The van der Waals surface area contributed by atoms with E-state index in [0.29, 0.717) is 11.1 Å². The number of nitrogens with zero attached hydrogens (tertiary/aromatic N) is 1. The molecule has 2 atom stereocenters. The molecule has 1 aliphatic rings. The van der Waals surface area contributed by atoms with Crippen molar-refractivity contribution in [2.24, 2.45) is 0 Å². The van der Waals surface area contributed by atoms with E-state index < -0.39 is 41.2 Å². The zero-order valence-corrected chi connectivity index (χ0v) is 17.6. The Hall–Kier alpha value is -4.07. The fourth-order valence-corrected chi connectivity index (χ4v) is 3.76. The van der Waals surface area contributed by atoms with Crippen LogP contribution in [0.3, 0.4) is 0 Å². The molecule has 33 heavy (non-hydrogen) atoms. The Balaban J connectivity index is 1.71. The van der Waals surface area contributed by atoms with Crippen molar-refractivity contribution in [2.45, 2.75) is 25.0 Å². The number of imide groups is 1. The predicted molar refractivity (Wildman–Crippen MR) is 116 cm³/mol. The highest BCUT2D eigenvalue weighted by Crippen LogP contribution is 2.35. The topological polar surface area (TPSA) is 75.7 Å². The lowest BCUT2D eigenvalue weighted by molar-refractivity contribution is -0.147. The van der Waals surface area contributed by atoms with E-state index in [9.17, 15) is 23.2 Å². The first-order chi connectivity index (χ1) is 15.8. The number of halogens is 2. The van der Waals surface area contributed by atoms with Gasteiger partial charge in [-0.15, -0.1) is 0 Å². The van der Waals surface area contributed by atoms with E-state index >= 15 is 0 Å². The van der Waals surface area contributed by atoms with Gasteiger partial charge in [0.05, 0.1) is 6.04 Å². The first kappa shape index (κ1) is 22.1. The van der Waals surface area contributed by atoms with Crippen LogP contribution in [0.1, 0.15) is 24.1 Å². The summed E-state index contributed by atoms with van der Waals surface area (Å²) in [6.07, 6.45) is -1.21. The normalized spacial score (nSPS) is 18.7. The highest BCUT2D eigenvalue weighted by atomic mass is 19.1. The maximum Gasteiger partial charge on any atom is 0.418 e. The molecule has 1 aliphatic heterocycles. The van der Waals surface area contributed by atoms with Crippen LogP contribution in [0, 0.1) is 11.6 Å². The number of benzene rings is 3. The van der Waals surface area contributed by atoms with Crippen LogP contribution in [0.25, 0.3) is 0 Å². The minimum Gasteiger partial charge on any atom is -0.422 e. The van der Waals surface area contributed by atoms with Crippen LogP contribution < -0.4 is 5.32 Å². The Morgan fingerprint density at radius 1 is 0.970 bits per heavy atom. The van der Waals surface area contributed by atoms with Gasteiger partial charge in [0, 0.05) is 12.1 Å². The van der Waals surface area contributed by atoms with Crippen molar-refractivity contribution in [2.75, 3.05) is 5.32 Å². The third-order valence-corrected chi connectivity index (χ3v) is 5.51. The lowest BCUT2D eigenvalue weighted by atomic mass is 9.91. The number of carbonyl (C=O) groups is 3. The number of anilines is 1. The zero-order valence-electron chi connectivity index (χ0n) is 17.6. The first-order valence-electron chi connectivity index (χ1n) is 10.2. The quantitative estimate of drug-likeness (QED) is 0.556. The summed E-state index contributed by atoms with van der Waals surface area (Å²) in [4.78, 5) is 40.6. The van der Waals surface area contributed by atoms with Crippen molar-refractivity contribution in [1.29, 1.82) is 0 Å². The molecule has 3 aromatic rings. The number of rotatable bonds is 6. The molecule has 6 nitrogen and oxygen atoms in total. The molecule has 1 fully saturated rings. The summed E-state index contributed by atoms with van der Waals surface area (Å²) >= 11 is 0. The van der Waals surface area contributed by atoms with E-state index in [-0.39, 0.29) is 12.1 Å². The SMILES string of the molecule is C[C@H](c1ccc(F)cc1)N1C(=O)O[C@](Cc2ccccc2)(C(=O)Nc2cccc(F)c2)C1=O. The molecular formula is C25H20F2N2O4. The maximum atomic E-state index is 13.6. The highest BCUT2D eigenvalue weighted by molar-refractivity contribution is 6.20. The van der Waals surface area contributed by atoms with Crippen molar-refractivity contribution >= 4 is 23.6 Å². The van der Waals surface area contributed by atoms with Gasteiger partial charge >= 0.3 is 6.09 Å². The third-order valence-electron chi connectivity index (χ3n) is 5.51. The smallest absolute Gasteiger partial charge is 0.418 e. The molecule has 1 saturated heterocycles. The summed E-state index contributed by atoms with van der Waals surface area (Å²) in [5.74, 6) is -2.80. The van der Waals surface area contributed by atoms with E-state index in [4.69, 9.17) is 4.74 Å². The summed E-state index contributed by atoms with van der Waals surface area (Å²) in [6.45, 7) is 1.58. The maximum absolute atomic E-state index is 13.6. The third kappa shape index (κ3) is 4.32. The standard InChI is InChI=1S/C25H20F2N2O4/c1-16(18-10-12-19(26)13-11-18)29-23(31)25(33-24(29)32,15-17-6-3-2-4-7-17)22(30)28-21-9-5-8-20(27)14-21/h2-14,16H,15H2,1H3,(H,28,30)/t16-,25-/m1/s1. The second-order valence-corrected chi connectivity index (χ2v) is 7.72. The summed E-state index contributed by atoms with van der Waals surface area (Å²) in [7, 11) is 0. The van der Waals surface area contributed by atoms with Crippen molar-refractivity contribution in [1.82, 2.24) is 4.90 Å². The van der Waals surface area contributed by atoms with Crippen LogP contribution in [0.15, 0.2) is 78.9 Å². The molecule has 0 radical (unpaired) electrons. The van der Waals surface area contributed by atoms with Gasteiger partial charge in [0.1, 0.15) is 11.6 Å². The monoisotopic (exact) mass is 450 g/mol. The number of amides is 3. The van der Waals surface area contributed by atoms with E-state index in [1.807, 2.05) is 0 Å². The molecule has 168 valence electrons. The van der Waals surface area contributed by atoms with E-state index in [1.54, 1.807) is 37.3 Å². The van der Waals surface area contributed by atoms with E-state index in [1.165, 1.54) is 42.5 Å². The van der Waals surface area contributed by atoms with Crippen LogP contribution >= 0.6 is 0 Å². The molecule has 0 spiro atoms. The fraction of sp³-hybridized carbons (Fsp3) is 0.160. The first-order valence-corrected chi connectivity index (χ1v) is 10.2. The van der Waals surface area contributed by atoms with Gasteiger partial charge in [-0.3, -0.25) is 9.59 Å². The molecule has 0 aliphatic carbocycles. The Labute approximate surface area is 188 Å². The van der Waals surface area contributed by atoms with Gasteiger partial charge in [0.25, 0.3) is 17.4 Å². The molecule has 3 amide bonds. The van der Waals surface area contributed by atoms with E-state index in [0.717, 1.165) is 11.0 Å². The van der Waals surface area contributed by atoms with Crippen molar-refractivity contribution < 1.29 is 27.9 Å². The number of ether oxygens (including phenoxy) is 1. The molecule has 0 bridgehead atoms. The molecule has 3 aromatic carbocycles. The average molecular weight is 450 g/mol. The summed E-state index contributed by atoms with van der Waals surface area (Å²) in [6, 6.07) is 18.3. The van der Waals surface area contributed by atoms with Crippen molar-refractivity contribution in [3.63, 3.8) is 0 Å². The largest absolute Gasteiger partial charge is 0.422 e. The minimum absolute atomic E-state index is 0.112. The van der Waals surface area contributed by atoms with Gasteiger partial charge in [0.15, 0.2) is 0 Å². The summed E-state index contributed by atoms with van der Waals surface area (Å²) in [5.41, 5.74) is -1.01. The Morgan fingerprint density at radius 3 is 2.33 bits per heavy atom. The zero-order chi connectivity index (χ0) is 23.6. The number of nitrogens with one attached hydrogen (secondary N) is 1. The number of hydrogen-bond donors (Lipinski definition) is 1. The van der Waals surface area contributed by atoms with Gasteiger partial charge in [0.2, 0.25) is 0 Å². The number of cyclic esters (lactones) is 1. The predicted octanol–water partition coefficient (Wildman–Crippen LogP) is 4.62. The van der Waals surface area contributed by atoms with Crippen LogP contribution in [0.5, 0.6) is 0 Å². The number of hydrogen-bond acceptors (Lipinski definition) is 4. The summed E-state index contributed by atoms with van der Waals surface area (Å²) < 4.78 is 32.4. The highest BCUT2D eigenvalue weighted by Gasteiger charge is 2.60. The summed E-state index contributed by atoms with van der Waals surface area (Å²) in [5, 5.41) is 2.49. The second-order valence-electron chi connectivity index (χ2n) is 7.72. The molecule has 4 rings (SSSR count). The average Bonchev–Trinajstić information content (AvgIpc) is 3.04. The van der Waals surface area contributed by atoms with Crippen molar-refractivity contribution in [3.05, 3.63) is 102 Å². The van der Waals surface area contributed by atoms with Gasteiger partial charge in [-0.1, -0.05) is 48.5 Å². The molecule has 1 heterocycles. The molecule has 0 aromatic heterocycles. The van der Waals surface area contributed by atoms with Gasteiger partial charge in [-0.2, -0.15) is 0 Å². The van der Waals surface area contributed by atoms with Gasteiger partial charge in [-0.25, -0.2) is 18.5 Å². The Kier molecular flexibility index (Phi) is 5.91. The van der Waals surface area contributed by atoms with Crippen LogP contribution in [-0.2, 0) is 20.7 Å². The lowest BCUT2D eigenvalue weighted by Gasteiger charge is -2.25. The van der Waals surface area contributed by atoms with Gasteiger partial charge in [-0.05, 0) is 48.4 Å². The molecule has 0 unspecified atom stereocenters. The van der Waals surface area contributed by atoms with Crippen LogP contribution in [0.2, 0.25) is 0 Å². The molecular weight excluding hydrogens is 430 g/mol. The fourth-order valence-electron chi connectivity index (χ4n) is 3.76. The molecule has 8 heteroatoms. The van der Waals surface area contributed by atoms with Gasteiger partial charge < -0.3 is 10.1 Å². The molecule has 1 N–H and O–H groups in total. The Bertz CT molecular complexity index is 1200. The van der Waals surface area contributed by atoms with E-state index in [2.05, 4.69) is 5.32 Å². The van der Waals surface area contributed by atoms with Crippen molar-refractivity contribution in [3.8, 4) is 0 Å². The minimum atomic E-state index is -2.20. The lowest BCUT2D eigenvalue weighted by Crippen LogP contribution is -2.52. The molecule has 0 saturated carbocycles. The Morgan fingerprint density at radius 2 is 1.67 bits per heavy atom. The van der Waals surface area contributed by atoms with Crippen LogP contribution in [-0.4, -0.2) is 28.4 Å².